The van der Waals surface area contributed by atoms with E-state index < -0.39 is 0 Å². The number of hydrogen-bond acceptors (Lipinski definition) is 2. The van der Waals surface area contributed by atoms with E-state index in [4.69, 9.17) is 0 Å². The van der Waals surface area contributed by atoms with Gasteiger partial charge >= 0.3 is 0 Å². The van der Waals surface area contributed by atoms with Crippen LogP contribution in [0.15, 0.2) is 0 Å². The van der Waals surface area contributed by atoms with Crippen LogP contribution in [0, 0.1) is 23.7 Å². The number of aldehydes is 1. The number of ketones is 1. The Morgan fingerprint density at radius 1 is 1.23 bits per heavy atom. The van der Waals surface area contributed by atoms with Crippen molar-refractivity contribution in [2.75, 3.05) is 0 Å². The van der Waals surface area contributed by atoms with E-state index in [1.54, 1.807) is 6.92 Å². The minimum atomic E-state index is -0.0244. The maximum absolute atomic E-state index is 11.3. The van der Waals surface area contributed by atoms with E-state index >= 15 is 0 Å². The molecular formula is C11H18O2. The van der Waals surface area contributed by atoms with Gasteiger partial charge in [-0.15, -0.1) is 0 Å². The molecule has 2 heteroatoms. The summed E-state index contributed by atoms with van der Waals surface area (Å²) in [7, 11) is 0. The molecule has 1 aliphatic rings. The number of hydrogen-bond donors (Lipinski definition) is 0. The molecule has 4 unspecified atom stereocenters. The second-order valence-electron chi connectivity index (χ2n) is 4.44. The van der Waals surface area contributed by atoms with Gasteiger partial charge in [0.15, 0.2) is 0 Å². The number of rotatable bonds is 2. The zero-order valence-electron chi connectivity index (χ0n) is 8.62. The van der Waals surface area contributed by atoms with Crippen molar-refractivity contribution in [1.29, 1.82) is 0 Å². The largest absolute Gasteiger partial charge is 0.303 e. The molecule has 0 saturated heterocycles. The molecule has 1 fully saturated rings. The second kappa shape index (κ2) is 4.03. The first kappa shape index (κ1) is 10.4. The highest BCUT2D eigenvalue weighted by Crippen LogP contribution is 2.36. The van der Waals surface area contributed by atoms with Crippen molar-refractivity contribution in [3.63, 3.8) is 0 Å². The molecule has 0 amide bonds. The smallest absolute Gasteiger partial charge is 0.133 e. The lowest BCUT2D eigenvalue weighted by atomic mass is 9.69. The van der Waals surface area contributed by atoms with Crippen molar-refractivity contribution in [3.05, 3.63) is 0 Å². The van der Waals surface area contributed by atoms with Gasteiger partial charge in [0.25, 0.3) is 0 Å². The fourth-order valence-electron chi connectivity index (χ4n) is 2.25. The topological polar surface area (TPSA) is 34.1 Å². The van der Waals surface area contributed by atoms with Crippen LogP contribution in [0.5, 0.6) is 0 Å². The molecule has 0 bridgehead atoms. The summed E-state index contributed by atoms with van der Waals surface area (Å²) in [4.78, 5) is 22.0. The summed E-state index contributed by atoms with van der Waals surface area (Å²) in [5.74, 6) is 1.29. The molecule has 0 heterocycles. The van der Waals surface area contributed by atoms with Gasteiger partial charge in [0, 0.05) is 11.8 Å². The van der Waals surface area contributed by atoms with Crippen molar-refractivity contribution >= 4 is 12.1 Å². The first-order valence-corrected chi connectivity index (χ1v) is 5.02. The van der Waals surface area contributed by atoms with Gasteiger partial charge in [0.1, 0.15) is 12.1 Å². The third-order valence-electron chi connectivity index (χ3n) is 3.45. The summed E-state index contributed by atoms with van der Waals surface area (Å²) in [6.45, 7) is 5.93. The molecule has 74 valence electrons. The summed E-state index contributed by atoms with van der Waals surface area (Å²) >= 11 is 0. The van der Waals surface area contributed by atoms with Crippen LogP contribution in [0.4, 0.5) is 0 Å². The van der Waals surface area contributed by atoms with Crippen LogP contribution in [0.3, 0.4) is 0 Å². The Balaban J connectivity index is 2.71. The minimum absolute atomic E-state index is 0.0105. The Morgan fingerprint density at radius 2 is 1.77 bits per heavy atom. The first-order valence-electron chi connectivity index (χ1n) is 5.02. The monoisotopic (exact) mass is 182 g/mol. The lowest BCUT2D eigenvalue weighted by Gasteiger charge is -2.34. The van der Waals surface area contributed by atoms with E-state index in [-0.39, 0.29) is 17.6 Å². The molecule has 0 spiro atoms. The quantitative estimate of drug-likeness (QED) is 0.613. The predicted molar refractivity (Wildman–Crippen MR) is 51.3 cm³/mol. The van der Waals surface area contributed by atoms with Crippen molar-refractivity contribution in [2.45, 2.75) is 33.6 Å². The summed E-state index contributed by atoms with van der Waals surface area (Å²) in [6.07, 6.45) is 2.74. The Labute approximate surface area is 79.7 Å². The highest BCUT2D eigenvalue weighted by Gasteiger charge is 2.34. The Hall–Kier alpha value is -0.660. The SMILES string of the molecule is CC(=O)C1CC(C)C(C)CC1C=O. The van der Waals surface area contributed by atoms with Gasteiger partial charge in [-0.25, -0.2) is 0 Å². The third-order valence-corrected chi connectivity index (χ3v) is 3.45. The highest BCUT2D eigenvalue weighted by atomic mass is 16.1. The molecule has 4 atom stereocenters. The van der Waals surface area contributed by atoms with Crippen molar-refractivity contribution in [2.24, 2.45) is 23.7 Å². The summed E-state index contributed by atoms with van der Waals surface area (Å²) < 4.78 is 0. The van der Waals surface area contributed by atoms with Crippen LogP contribution in [0.25, 0.3) is 0 Å². The third kappa shape index (κ3) is 2.17. The molecule has 0 aromatic heterocycles. The Kier molecular flexibility index (Phi) is 3.23. The second-order valence-corrected chi connectivity index (χ2v) is 4.44. The zero-order valence-corrected chi connectivity index (χ0v) is 8.62. The molecule has 0 aromatic carbocycles. The van der Waals surface area contributed by atoms with Crippen LogP contribution in [0.2, 0.25) is 0 Å². The summed E-state index contributed by atoms with van der Waals surface area (Å²) in [5.41, 5.74) is 0. The van der Waals surface area contributed by atoms with E-state index in [1.807, 2.05) is 0 Å². The maximum atomic E-state index is 11.3. The van der Waals surface area contributed by atoms with E-state index in [2.05, 4.69) is 13.8 Å². The normalized spacial score (nSPS) is 39.9. The van der Waals surface area contributed by atoms with E-state index in [0.29, 0.717) is 11.8 Å². The van der Waals surface area contributed by atoms with E-state index in [1.165, 1.54) is 0 Å². The molecular weight excluding hydrogens is 164 g/mol. The zero-order chi connectivity index (χ0) is 10.0. The van der Waals surface area contributed by atoms with E-state index in [0.717, 1.165) is 19.1 Å². The van der Waals surface area contributed by atoms with Crippen LogP contribution in [-0.2, 0) is 9.59 Å². The van der Waals surface area contributed by atoms with Crippen molar-refractivity contribution in [1.82, 2.24) is 0 Å². The summed E-state index contributed by atoms with van der Waals surface area (Å²) in [6, 6.07) is 0. The van der Waals surface area contributed by atoms with Crippen molar-refractivity contribution < 1.29 is 9.59 Å². The molecule has 13 heavy (non-hydrogen) atoms. The van der Waals surface area contributed by atoms with Gasteiger partial charge in [0.05, 0.1) is 0 Å². The van der Waals surface area contributed by atoms with Crippen LogP contribution in [-0.4, -0.2) is 12.1 Å². The van der Waals surface area contributed by atoms with Crippen LogP contribution in [0.1, 0.15) is 33.6 Å². The van der Waals surface area contributed by atoms with Gasteiger partial charge < -0.3 is 4.79 Å². The van der Waals surface area contributed by atoms with Gasteiger partial charge in [-0.1, -0.05) is 13.8 Å². The molecule has 2 nitrogen and oxygen atoms in total. The van der Waals surface area contributed by atoms with Crippen molar-refractivity contribution in [3.8, 4) is 0 Å². The fourth-order valence-corrected chi connectivity index (χ4v) is 2.25. The average Bonchev–Trinajstić information content (AvgIpc) is 2.08. The lowest BCUT2D eigenvalue weighted by molar-refractivity contribution is -0.129. The van der Waals surface area contributed by atoms with Gasteiger partial charge in [-0.3, -0.25) is 4.79 Å². The van der Waals surface area contributed by atoms with Crippen LogP contribution >= 0.6 is 0 Å². The van der Waals surface area contributed by atoms with Crippen LogP contribution < -0.4 is 0 Å². The number of Topliss-reactive ketones (excluding diaryl/α,β-unsaturated/α-hetero) is 1. The summed E-state index contributed by atoms with van der Waals surface area (Å²) in [5, 5.41) is 0. The van der Waals surface area contributed by atoms with Gasteiger partial charge in [-0.05, 0) is 31.6 Å². The molecule has 1 aliphatic carbocycles. The molecule has 0 aromatic rings. The first-order chi connectivity index (χ1) is 6.06. The predicted octanol–water partition coefficient (Wildman–Crippen LogP) is 2.07. The minimum Gasteiger partial charge on any atom is -0.303 e. The lowest BCUT2D eigenvalue weighted by Crippen LogP contribution is -2.34. The molecule has 0 radical (unpaired) electrons. The number of carbonyl (C=O) groups excluding carboxylic acids is 2. The fraction of sp³-hybridized carbons (Fsp3) is 0.818. The number of carbonyl (C=O) groups is 2. The Bertz CT molecular complexity index is 210. The average molecular weight is 182 g/mol. The van der Waals surface area contributed by atoms with Gasteiger partial charge in [0.2, 0.25) is 0 Å². The highest BCUT2D eigenvalue weighted by molar-refractivity contribution is 5.81. The molecule has 1 rings (SSSR count). The maximum Gasteiger partial charge on any atom is 0.133 e. The van der Waals surface area contributed by atoms with Gasteiger partial charge in [-0.2, -0.15) is 0 Å². The Morgan fingerprint density at radius 3 is 2.23 bits per heavy atom. The standard InChI is InChI=1S/C11H18O2/c1-7-4-10(6-12)11(9(3)13)5-8(7)2/h6-8,10-11H,4-5H2,1-3H3. The molecule has 0 aliphatic heterocycles. The molecule has 1 saturated carbocycles. The molecule has 0 N–H and O–H groups in total. The van der Waals surface area contributed by atoms with E-state index in [9.17, 15) is 9.59 Å².